The summed E-state index contributed by atoms with van der Waals surface area (Å²) in [5.74, 6) is -1.56. The van der Waals surface area contributed by atoms with Gasteiger partial charge in [0.15, 0.2) is 0 Å². The minimum atomic E-state index is -0.417. The highest BCUT2D eigenvalue weighted by Crippen LogP contribution is 2.36. The van der Waals surface area contributed by atoms with Gasteiger partial charge in [0.05, 0.1) is 26.1 Å². The standard InChI is InChI=1S/C10H14O4/c1-6-4-7(9(11)13-2)8(5-6)10(12)14-3/h7-8H,1,4-5H2,2-3H3/t7-,8-/m1/s1. The van der Waals surface area contributed by atoms with Gasteiger partial charge in [0.1, 0.15) is 0 Å². The lowest BCUT2D eigenvalue weighted by Gasteiger charge is -2.13. The summed E-state index contributed by atoms with van der Waals surface area (Å²) in [5, 5.41) is 0. The van der Waals surface area contributed by atoms with Gasteiger partial charge in [0.25, 0.3) is 0 Å². The van der Waals surface area contributed by atoms with E-state index in [1.54, 1.807) is 0 Å². The maximum Gasteiger partial charge on any atom is 0.309 e. The van der Waals surface area contributed by atoms with Gasteiger partial charge in [-0.15, -0.1) is 0 Å². The number of hydrogen-bond donors (Lipinski definition) is 0. The zero-order chi connectivity index (χ0) is 10.7. The number of allylic oxidation sites excluding steroid dienone is 1. The first-order valence-corrected chi connectivity index (χ1v) is 4.42. The summed E-state index contributed by atoms with van der Waals surface area (Å²) < 4.78 is 9.24. The van der Waals surface area contributed by atoms with E-state index >= 15 is 0 Å². The highest BCUT2D eigenvalue weighted by Gasteiger charge is 2.40. The molecule has 0 aromatic rings. The van der Waals surface area contributed by atoms with E-state index < -0.39 is 11.8 Å². The van der Waals surface area contributed by atoms with E-state index in [1.165, 1.54) is 14.2 Å². The van der Waals surface area contributed by atoms with Crippen molar-refractivity contribution < 1.29 is 19.1 Å². The fourth-order valence-corrected chi connectivity index (χ4v) is 1.79. The van der Waals surface area contributed by atoms with Crippen molar-refractivity contribution in [1.82, 2.24) is 0 Å². The van der Waals surface area contributed by atoms with Crippen LogP contribution in [0.3, 0.4) is 0 Å². The van der Waals surface area contributed by atoms with Crippen LogP contribution < -0.4 is 0 Å². The summed E-state index contributed by atoms with van der Waals surface area (Å²) >= 11 is 0. The molecule has 2 atom stereocenters. The minimum Gasteiger partial charge on any atom is -0.469 e. The molecule has 0 aliphatic heterocycles. The molecular formula is C10H14O4. The Kier molecular flexibility index (Phi) is 3.28. The monoisotopic (exact) mass is 198 g/mol. The van der Waals surface area contributed by atoms with Crippen molar-refractivity contribution in [2.45, 2.75) is 12.8 Å². The zero-order valence-electron chi connectivity index (χ0n) is 8.41. The largest absolute Gasteiger partial charge is 0.469 e. The second-order valence-electron chi connectivity index (χ2n) is 3.42. The summed E-state index contributed by atoms with van der Waals surface area (Å²) in [6.07, 6.45) is 1.04. The molecule has 4 nitrogen and oxygen atoms in total. The zero-order valence-corrected chi connectivity index (χ0v) is 8.41. The molecule has 0 radical (unpaired) electrons. The van der Waals surface area contributed by atoms with Crippen molar-refractivity contribution >= 4 is 11.9 Å². The molecule has 0 N–H and O–H groups in total. The lowest BCUT2D eigenvalue weighted by molar-refractivity contribution is -0.156. The van der Waals surface area contributed by atoms with Crippen molar-refractivity contribution in [1.29, 1.82) is 0 Å². The molecule has 0 aromatic heterocycles. The first kappa shape index (κ1) is 10.8. The Morgan fingerprint density at radius 1 is 1.14 bits per heavy atom. The van der Waals surface area contributed by atoms with Crippen LogP contribution in [0.4, 0.5) is 0 Å². The molecule has 1 saturated carbocycles. The number of carbonyl (C=O) groups is 2. The van der Waals surface area contributed by atoms with E-state index in [0.29, 0.717) is 12.8 Å². The topological polar surface area (TPSA) is 52.6 Å². The van der Waals surface area contributed by atoms with Crippen LogP contribution in [-0.4, -0.2) is 26.2 Å². The Morgan fingerprint density at radius 3 is 1.79 bits per heavy atom. The maximum absolute atomic E-state index is 11.3. The van der Waals surface area contributed by atoms with Crippen LogP contribution in [-0.2, 0) is 19.1 Å². The van der Waals surface area contributed by atoms with Gasteiger partial charge >= 0.3 is 11.9 Å². The number of hydrogen-bond acceptors (Lipinski definition) is 4. The SMILES string of the molecule is C=C1C[C@@H](C(=O)OC)[C@H](C(=O)OC)C1. The van der Waals surface area contributed by atoms with E-state index in [9.17, 15) is 9.59 Å². The molecule has 78 valence electrons. The van der Waals surface area contributed by atoms with Gasteiger partial charge in [-0.05, 0) is 12.8 Å². The number of carbonyl (C=O) groups excluding carboxylic acids is 2. The molecule has 4 heteroatoms. The molecule has 0 heterocycles. The van der Waals surface area contributed by atoms with Gasteiger partial charge in [0.2, 0.25) is 0 Å². The summed E-state index contributed by atoms with van der Waals surface area (Å²) in [6.45, 7) is 3.77. The summed E-state index contributed by atoms with van der Waals surface area (Å²) in [7, 11) is 2.63. The molecule has 0 saturated heterocycles. The number of methoxy groups -OCH3 is 2. The Morgan fingerprint density at radius 2 is 1.50 bits per heavy atom. The van der Waals surface area contributed by atoms with Crippen molar-refractivity contribution in [3.05, 3.63) is 12.2 Å². The smallest absolute Gasteiger partial charge is 0.309 e. The van der Waals surface area contributed by atoms with Crippen molar-refractivity contribution in [3.8, 4) is 0 Å². The van der Waals surface area contributed by atoms with Gasteiger partial charge in [0, 0.05) is 0 Å². The Bertz CT molecular complexity index is 243. The summed E-state index contributed by atoms with van der Waals surface area (Å²) in [4.78, 5) is 22.6. The Balaban J connectivity index is 2.77. The van der Waals surface area contributed by atoms with Gasteiger partial charge in [-0.3, -0.25) is 9.59 Å². The molecule has 14 heavy (non-hydrogen) atoms. The molecule has 1 rings (SSSR count). The number of esters is 2. The van der Waals surface area contributed by atoms with Crippen molar-refractivity contribution in [3.63, 3.8) is 0 Å². The van der Waals surface area contributed by atoms with Gasteiger partial charge in [-0.1, -0.05) is 12.2 Å². The van der Waals surface area contributed by atoms with Gasteiger partial charge in [-0.25, -0.2) is 0 Å². The third kappa shape index (κ3) is 1.95. The van der Waals surface area contributed by atoms with E-state index in [1.807, 2.05) is 0 Å². The Hall–Kier alpha value is -1.32. The molecule has 1 aliphatic rings. The predicted octanol–water partition coefficient (Wildman–Crippen LogP) is 0.915. The number of rotatable bonds is 2. The minimum absolute atomic E-state index is 0.362. The molecule has 1 fully saturated rings. The first-order valence-electron chi connectivity index (χ1n) is 4.42. The van der Waals surface area contributed by atoms with E-state index in [4.69, 9.17) is 0 Å². The second-order valence-corrected chi connectivity index (χ2v) is 3.42. The number of ether oxygens (including phenoxy) is 2. The summed E-state index contributed by atoms with van der Waals surface area (Å²) in [5.41, 5.74) is 0.899. The van der Waals surface area contributed by atoms with Crippen LogP contribution in [0.2, 0.25) is 0 Å². The van der Waals surface area contributed by atoms with E-state index in [-0.39, 0.29) is 11.9 Å². The summed E-state index contributed by atoms with van der Waals surface area (Å²) in [6, 6.07) is 0. The molecular weight excluding hydrogens is 184 g/mol. The van der Waals surface area contributed by atoms with Crippen LogP contribution in [0, 0.1) is 11.8 Å². The molecule has 0 aromatic carbocycles. The highest BCUT2D eigenvalue weighted by molar-refractivity contribution is 5.83. The lowest BCUT2D eigenvalue weighted by Crippen LogP contribution is -2.27. The second kappa shape index (κ2) is 4.26. The van der Waals surface area contributed by atoms with Gasteiger partial charge < -0.3 is 9.47 Å². The fraction of sp³-hybridized carbons (Fsp3) is 0.600. The normalized spacial score (nSPS) is 26.0. The first-order chi connectivity index (χ1) is 6.60. The van der Waals surface area contributed by atoms with Crippen LogP contribution in [0.25, 0.3) is 0 Å². The molecule has 0 bridgehead atoms. The van der Waals surface area contributed by atoms with E-state index in [0.717, 1.165) is 5.57 Å². The van der Waals surface area contributed by atoms with E-state index in [2.05, 4.69) is 16.1 Å². The molecule has 0 spiro atoms. The lowest BCUT2D eigenvalue weighted by atomic mass is 9.96. The van der Waals surface area contributed by atoms with Gasteiger partial charge in [-0.2, -0.15) is 0 Å². The van der Waals surface area contributed by atoms with Crippen LogP contribution in [0.5, 0.6) is 0 Å². The highest BCUT2D eigenvalue weighted by atomic mass is 16.5. The fourth-order valence-electron chi connectivity index (χ4n) is 1.79. The average molecular weight is 198 g/mol. The molecule has 1 aliphatic carbocycles. The molecule has 0 amide bonds. The maximum atomic E-state index is 11.3. The third-order valence-electron chi connectivity index (χ3n) is 2.51. The molecule has 0 unspecified atom stereocenters. The van der Waals surface area contributed by atoms with Crippen molar-refractivity contribution in [2.24, 2.45) is 11.8 Å². The van der Waals surface area contributed by atoms with Crippen LogP contribution in [0.15, 0.2) is 12.2 Å². The quantitative estimate of drug-likeness (QED) is 0.489. The predicted molar refractivity (Wildman–Crippen MR) is 49.4 cm³/mol. The van der Waals surface area contributed by atoms with Crippen LogP contribution >= 0.6 is 0 Å². The van der Waals surface area contributed by atoms with Crippen LogP contribution in [0.1, 0.15) is 12.8 Å². The third-order valence-corrected chi connectivity index (χ3v) is 2.51. The van der Waals surface area contributed by atoms with Crippen molar-refractivity contribution in [2.75, 3.05) is 14.2 Å². The average Bonchev–Trinajstić information content (AvgIpc) is 2.58. The Labute approximate surface area is 82.9 Å².